The maximum atomic E-state index is 12.7. The van der Waals surface area contributed by atoms with E-state index in [4.69, 9.17) is 4.52 Å². The maximum absolute atomic E-state index is 12.7. The molecule has 1 unspecified atom stereocenters. The minimum absolute atomic E-state index is 0.0705. The van der Waals surface area contributed by atoms with Gasteiger partial charge >= 0.3 is 0 Å². The van der Waals surface area contributed by atoms with Gasteiger partial charge in [-0.05, 0) is 38.2 Å². The van der Waals surface area contributed by atoms with Crippen LogP contribution in [-0.2, 0) is 6.54 Å². The Morgan fingerprint density at radius 2 is 2.10 bits per heavy atom. The molecule has 1 aliphatic rings. The second-order valence-electron chi connectivity index (χ2n) is 5.83. The Morgan fingerprint density at radius 3 is 2.67 bits per heavy atom. The van der Waals surface area contributed by atoms with E-state index < -0.39 is 0 Å². The second-order valence-corrected chi connectivity index (χ2v) is 5.83. The summed E-state index contributed by atoms with van der Waals surface area (Å²) >= 11 is 0. The predicted octanol–water partition coefficient (Wildman–Crippen LogP) is 3.42. The number of carbonyl (C=O) groups is 1. The summed E-state index contributed by atoms with van der Waals surface area (Å²) < 4.78 is 5.15. The lowest BCUT2D eigenvalue weighted by Gasteiger charge is -2.28. The highest BCUT2D eigenvalue weighted by molar-refractivity contribution is 5.91. The fraction of sp³-hybridized carbons (Fsp3) is 0.412. The van der Waals surface area contributed by atoms with Crippen molar-refractivity contribution in [1.29, 1.82) is 0 Å². The van der Waals surface area contributed by atoms with E-state index in [2.05, 4.69) is 12.1 Å². The summed E-state index contributed by atoms with van der Waals surface area (Å²) in [6, 6.07) is 12.0. The molecule has 21 heavy (non-hydrogen) atoms. The van der Waals surface area contributed by atoms with Crippen LogP contribution in [0.5, 0.6) is 0 Å². The number of nitrogens with zero attached hydrogens (tertiary/aromatic N) is 2. The molecule has 0 saturated heterocycles. The lowest BCUT2D eigenvalue weighted by atomic mass is 10.1. The van der Waals surface area contributed by atoms with E-state index in [0.29, 0.717) is 18.2 Å². The average molecular weight is 284 g/mol. The lowest BCUT2D eigenvalue weighted by Crippen LogP contribution is -2.39. The minimum atomic E-state index is -0.0705. The Hall–Kier alpha value is -2.10. The first kappa shape index (κ1) is 13.9. The highest BCUT2D eigenvalue weighted by Gasteiger charge is 2.35. The summed E-state index contributed by atoms with van der Waals surface area (Å²) in [7, 11) is 0. The highest BCUT2D eigenvalue weighted by atomic mass is 16.5. The summed E-state index contributed by atoms with van der Waals surface area (Å²) in [4.78, 5) is 14.6. The van der Waals surface area contributed by atoms with Crippen LogP contribution in [0.4, 0.5) is 0 Å². The molecule has 0 N–H and O–H groups in total. The first-order valence-corrected chi connectivity index (χ1v) is 7.43. The fourth-order valence-corrected chi connectivity index (χ4v) is 2.62. The third-order valence-electron chi connectivity index (χ3n) is 4.09. The number of benzene rings is 1. The van der Waals surface area contributed by atoms with Gasteiger partial charge in [0.15, 0.2) is 0 Å². The van der Waals surface area contributed by atoms with Gasteiger partial charge in [0.25, 0.3) is 5.91 Å². The molecule has 2 aromatic rings. The number of rotatable bonds is 5. The van der Waals surface area contributed by atoms with Crippen LogP contribution in [0.1, 0.15) is 41.6 Å². The van der Waals surface area contributed by atoms with Gasteiger partial charge in [-0.15, -0.1) is 0 Å². The van der Waals surface area contributed by atoms with Crippen molar-refractivity contribution in [2.24, 2.45) is 5.92 Å². The van der Waals surface area contributed by atoms with Crippen molar-refractivity contribution in [2.75, 3.05) is 0 Å². The molecule has 0 radical (unpaired) electrons. The molecule has 1 amide bonds. The van der Waals surface area contributed by atoms with E-state index in [0.717, 1.165) is 11.3 Å². The number of hydrogen-bond donors (Lipinski definition) is 0. The molecule has 1 aromatic carbocycles. The van der Waals surface area contributed by atoms with Gasteiger partial charge in [-0.3, -0.25) is 4.79 Å². The first-order chi connectivity index (χ1) is 10.1. The zero-order valence-electron chi connectivity index (χ0n) is 12.5. The van der Waals surface area contributed by atoms with Crippen molar-refractivity contribution in [2.45, 2.75) is 39.3 Å². The SMILES string of the molecule is Cc1cc(C(=O)N(Cc2ccccc2)C(C)C2CC2)on1. The Labute approximate surface area is 124 Å². The van der Waals surface area contributed by atoms with Gasteiger partial charge < -0.3 is 9.42 Å². The zero-order valence-corrected chi connectivity index (χ0v) is 12.5. The average Bonchev–Trinajstić information content (AvgIpc) is 3.26. The van der Waals surface area contributed by atoms with Crippen LogP contribution in [0.3, 0.4) is 0 Å². The van der Waals surface area contributed by atoms with Gasteiger partial charge in [-0.1, -0.05) is 35.5 Å². The monoisotopic (exact) mass is 284 g/mol. The topological polar surface area (TPSA) is 46.3 Å². The molecule has 1 aromatic heterocycles. The van der Waals surface area contributed by atoms with E-state index in [9.17, 15) is 4.79 Å². The molecular formula is C17H20N2O2. The van der Waals surface area contributed by atoms with E-state index in [-0.39, 0.29) is 11.9 Å². The Morgan fingerprint density at radius 1 is 1.38 bits per heavy atom. The van der Waals surface area contributed by atoms with Crippen LogP contribution in [0.25, 0.3) is 0 Å². The quantitative estimate of drug-likeness (QED) is 0.845. The maximum Gasteiger partial charge on any atom is 0.293 e. The number of hydrogen-bond acceptors (Lipinski definition) is 3. The second kappa shape index (κ2) is 5.72. The summed E-state index contributed by atoms with van der Waals surface area (Å²) in [5.41, 5.74) is 1.87. The fourth-order valence-electron chi connectivity index (χ4n) is 2.62. The molecule has 3 rings (SSSR count). The normalized spacial score (nSPS) is 15.7. The van der Waals surface area contributed by atoms with Crippen molar-refractivity contribution in [1.82, 2.24) is 10.1 Å². The van der Waals surface area contributed by atoms with Crippen LogP contribution in [-0.4, -0.2) is 22.0 Å². The van der Waals surface area contributed by atoms with Gasteiger partial charge in [-0.25, -0.2) is 0 Å². The molecular weight excluding hydrogens is 264 g/mol. The molecule has 1 aliphatic carbocycles. The molecule has 1 saturated carbocycles. The van der Waals surface area contributed by atoms with Gasteiger partial charge in [-0.2, -0.15) is 0 Å². The summed E-state index contributed by atoms with van der Waals surface area (Å²) in [6.45, 7) is 4.56. The third kappa shape index (κ3) is 3.15. The highest BCUT2D eigenvalue weighted by Crippen LogP contribution is 2.36. The van der Waals surface area contributed by atoms with E-state index in [1.165, 1.54) is 12.8 Å². The molecule has 0 aliphatic heterocycles. The van der Waals surface area contributed by atoms with Crippen LogP contribution >= 0.6 is 0 Å². The van der Waals surface area contributed by atoms with Crippen molar-refractivity contribution in [3.8, 4) is 0 Å². The Balaban J connectivity index is 1.83. The van der Waals surface area contributed by atoms with Crippen molar-refractivity contribution >= 4 is 5.91 Å². The first-order valence-electron chi connectivity index (χ1n) is 7.43. The molecule has 4 nitrogen and oxygen atoms in total. The smallest absolute Gasteiger partial charge is 0.293 e. The molecule has 1 fully saturated rings. The molecule has 1 heterocycles. The van der Waals surface area contributed by atoms with Crippen LogP contribution in [0, 0.1) is 12.8 Å². The summed E-state index contributed by atoms with van der Waals surface area (Å²) in [6.07, 6.45) is 2.41. The van der Waals surface area contributed by atoms with Crippen molar-refractivity contribution in [3.63, 3.8) is 0 Å². The molecule has 1 atom stereocenters. The standard InChI is InChI=1S/C17H20N2O2/c1-12-10-16(21-18-12)17(20)19(13(2)15-8-9-15)11-14-6-4-3-5-7-14/h3-7,10,13,15H,8-9,11H2,1-2H3. The van der Waals surface area contributed by atoms with Crippen molar-refractivity contribution < 1.29 is 9.32 Å². The minimum Gasteiger partial charge on any atom is -0.351 e. The van der Waals surface area contributed by atoms with Crippen LogP contribution in [0.2, 0.25) is 0 Å². The third-order valence-corrected chi connectivity index (χ3v) is 4.09. The zero-order chi connectivity index (χ0) is 14.8. The molecule has 4 heteroatoms. The van der Waals surface area contributed by atoms with Crippen molar-refractivity contribution in [3.05, 3.63) is 53.4 Å². The molecule has 0 spiro atoms. The molecule has 110 valence electrons. The van der Waals surface area contributed by atoms with Crippen LogP contribution < -0.4 is 0 Å². The van der Waals surface area contributed by atoms with E-state index in [1.807, 2.05) is 42.2 Å². The summed E-state index contributed by atoms with van der Waals surface area (Å²) in [5.74, 6) is 0.872. The number of aryl methyl sites for hydroxylation is 1. The lowest BCUT2D eigenvalue weighted by molar-refractivity contribution is 0.0611. The Kier molecular flexibility index (Phi) is 3.78. The van der Waals surface area contributed by atoms with Gasteiger partial charge in [0, 0.05) is 18.7 Å². The van der Waals surface area contributed by atoms with E-state index >= 15 is 0 Å². The van der Waals surface area contributed by atoms with Gasteiger partial charge in [0.05, 0.1) is 5.69 Å². The predicted molar refractivity (Wildman–Crippen MR) is 79.7 cm³/mol. The summed E-state index contributed by atoms with van der Waals surface area (Å²) in [5, 5.41) is 3.82. The number of aromatic nitrogens is 1. The van der Waals surface area contributed by atoms with Gasteiger partial charge in [0.1, 0.15) is 0 Å². The largest absolute Gasteiger partial charge is 0.351 e. The Bertz CT molecular complexity index is 617. The number of amides is 1. The molecule has 0 bridgehead atoms. The van der Waals surface area contributed by atoms with Gasteiger partial charge in [0.2, 0.25) is 5.76 Å². The van der Waals surface area contributed by atoms with E-state index in [1.54, 1.807) is 6.07 Å². The number of carbonyl (C=O) groups excluding carboxylic acids is 1. The van der Waals surface area contributed by atoms with Crippen LogP contribution in [0.15, 0.2) is 40.9 Å².